The fraction of sp³-hybridized carbons (Fsp3) is 0.500. The maximum atomic E-state index is 12.8. The zero-order valence-corrected chi connectivity index (χ0v) is 15.9. The van der Waals surface area contributed by atoms with Gasteiger partial charge in [0.05, 0.1) is 6.20 Å². The lowest BCUT2D eigenvalue weighted by molar-refractivity contribution is 0.453. The van der Waals surface area contributed by atoms with Crippen molar-refractivity contribution in [1.29, 1.82) is 0 Å². The molecule has 11 heteroatoms. The van der Waals surface area contributed by atoms with Crippen molar-refractivity contribution in [1.82, 2.24) is 33.9 Å². The second-order valence-corrected chi connectivity index (χ2v) is 9.24. The molecule has 0 bridgehead atoms. The molecule has 5 rings (SSSR count). The smallest absolute Gasteiger partial charge is 0.246 e. The average Bonchev–Trinajstić information content (AvgIpc) is 3.38. The van der Waals surface area contributed by atoms with E-state index in [0.717, 1.165) is 30.4 Å². The van der Waals surface area contributed by atoms with Crippen LogP contribution in [0.4, 0.5) is 5.82 Å². The molecule has 0 aromatic carbocycles. The summed E-state index contributed by atoms with van der Waals surface area (Å²) in [6.07, 6.45) is 2.97. The van der Waals surface area contributed by atoms with Crippen molar-refractivity contribution in [3.63, 3.8) is 0 Å². The maximum Gasteiger partial charge on any atom is 0.246 e. The molecule has 142 valence electrons. The number of fused-ring (bicyclic) bond motifs is 2. The summed E-state index contributed by atoms with van der Waals surface area (Å²) in [5.74, 6) is 2.23. The van der Waals surface area contributed by atoms with Gasteiger partial charge in [0.1, 0.15) is 10.7 Å². The van der Waals surface area contributed by atoms with E-state index in [2.05, 4.69) is 25.3 Å². The van der Waals surface area contributed by atoms with Crippen molar-refractivity contribution in [2.24, 2.45) is 18.9 Å². The van der Waals surface area contributed by atoms with Gasteiger partial charge in [0, 0.05) is 39.4 Å². The summed E-state index contributed by atoms with van der Waals surface area (Å²) < 4.78 is 30.5. The Labute approximate surface area is 156 Å². The number of rotatable bonds is 3. The van der Waals surface area contributed by atoms with Crippen LogP contribution in [0.25, 0.3) is 5.65 Å². The van der Waals surface area contributed by atoms with Crippen LogP contribution in [-0.4, -0.2) is 68.5 Å². The highest BCUT2D eigenvalue weighted by molar-refractivity contribution is 7.89. The highest BCUT2D eigenvalue weighted by Gasteiger charge is 2.44. The molecular formula is C16H20N8O2S. The van der Waals surface area contributed by atoms with Gasteiger partial charge in [0.25, 0.3) is 0 Å². The van der Waals surface area contributed by atoms with E-state index in [1.165, 1.54) is 10.9 Å². The molecule has 2 saturated heterocycles. The molecule has 0 spiro atoms. The molecule has 0 aliphatic carbocycles. The van der Waals surface area contributed by atoms with Crippen LogP contribution in [0.1, 0.15) is 5.82 Å². The SMILES string of the molecule is Cc1nnc2ccc(N3CC4CN(S(=O)(=O)c5cnn(C)c5)CC4C3)nn12. The Balaban J connectivity index is 1.33. The summed E-state index contributed by atoms with van der Waals surface area (Å²) in [5, 5.41) is 16.7. The third kappa shape index (κ3) is 2.60. The Morgan fingerprint density at radius 1 is 1.07 bits per heavy atom. The largest absolute Gasteiger partial charge is 0.355 e. The Hall–Kier alpha value is -2.53. The van der Waals surface area contributed by atoms with Crippen LogP contribution >= 0.6 is 0 Å². The molecule has 5 heterocycles. The number of nitrogens with zero attached hydrogens (tertiary/aromatic N) is 8. The summed E-state index contributed by atoms with van der Waals surface area (Å²) >= 11 is 0. The molecule has 27 heavy (non-hydrogen) atoms. The third-order valence-electron chi connectivity index (χ3n) is 5.50. The Bertz CT molecular complexity index is 1110. The molecule has 2 aliphatic heterocycles. The first-order chi connectivity index (χ1) is 12.9. The molecule has 2 unspecified atom stereocenters. The lowest BCUT2D eigenvalue weighted by atomic mass is 10.0. The van der Waals surface area contributed by atoms with Crippen molar-refractivity contribution in [2.75, 3.05) is 31.1 Å². The standard InChI is InChI=1S/C16H20N8O2S/c1-11-18-19-15-3-4-16(20-24(11)15)22-6-12-8-23(9-13(12)7-22)27(25,26)14-5-17-21(2)10-14/h3-5,10,12-13H,6-9H2,1-2H3. The monoisotopic (exact) mass is 388 g/mol. The van der Waals surface area contributed by atoms with Crippen LogP contribution in [0, 0.1) is 18.8 Å². The third-order valence-corrected chi connectivity index (χ3v) is 7.28. The number of sulfonamides is 1. The van der Waals surface area contributed by atoms with E-state index in [1.54, 1.807) is 22.1 Å². The summed E-state index contributed by atoms with van der Waals surface area (Å²) in [6, 6.07) is 3.87. The molecule has 3 aromatic heterocycles. The number of anilines is 1. The second kappa shape index (κ2) is 5.73. The number of aromatic nitrogens is 6. The Kier molecular flexibility index (Phi) is 3.53. The molecule has 0 amide bonds. The molecular weight excluding hydrogens is 368 g/mol. The zero-order chi connectivity index (χ0) is 18.8. The second-order valence-electron chi connectivity index (χ2n) is 7.31. The quantitative estimate of drug-likeness (QED) is 0.619. The lowest BCUT2D eigenvalue weighted by Gasteiger charge is -2.21. The minimum absolute atomic E-state index is 0.261. The molecule has 0 N–H and O–H groups in total. The van der Waals surface area contributed by atoms with Gasteiger partial charge in [-0.2, -0.15) is 13.9 Å². The van der Waals surface area contributed by atoms with Gasteiger partial charge in [0.15, 0.2) is 11.5 Å². The summed E-state index contributed by atoms with van der Waals surface area (Å²) in [7, 11) is -1.75. The molecule has 2 atom stereocenters. The number of aryl methyl sites for hydroxylation is 2. The van der Waals surface area contributed by atoms with Gasteiger partial charge < -0.3 is 4.90 Å². The Morgan fingerprint density at radius 3 is 2.48 bits per heavy atom. The molecule has 0 saturated carbocycles. The van der Waals surface area contributed by atoms with Gasteiger partial charge in [-0.05, 0) is 30.9 Å². The van der Waals surface area contributed by atoms with Crippen molar-refractivity contribution in [2.45, 2.75) is 11.8 Å². The average molecular weight is 388 g/mol. The van der Waals surface area contributed by atoms with Crippen molar-refractivity contribution < 1.29 is 8.42 Å². The van der Waals surface area contributed by atoms with Crippen LogP contribution in [0.5, 0.6) is 0 Å². The first-order valence-corrected chi connectivity index (χ1v) is 10.3. The molecule has 10 nitrogen and oxygen atoms in total. The normalized spacial score (nSPS) is 23.4. The van der Waals surface area contributed by atoms with E-state index in [9.17, 15) is 8.42 Å². The maximum absolute atomic E-state index is 12.8. The summed E-state index contributed by atoms with van der Waals surface area (Å²) in [5.41, 5.74) is 0.726. The molecule has 0 radical (unpaired) electrons. The summed E-state index contributed by atoms with van der Waals surface area (Å²) in [4.78, 5) is 2.49. The highest BCUT2D eigenvalue weighted by Crippen LogP contribution is 2.35. The van der Waals surface area contributed by atoms with E-state index >= 15 is 0 Å². The number of hydrogen-bond donors (Lipinski definition) is 0. The van der Waals surface area contributed by atoms with Gasteiger partial charge in [0.2, 0.25) is 10.0 Å². The van der Waals surface area contributed by atoms with Crippen LogP contribution in [0.3, 0.4) is 0 Å². The van der Waals surface area contributed by atoms with Crippen LogP contribution in [-0.2, 0) is 17.1 Å². The van der Waals surface area contributed by atoms with Crippen molar-refractivity contribution >= 4 is 21.5 Å². The van der Waals surface area contributed by atoms with E-state index < -0.39 is 10.0 Å². The molecule has 3 aromatic rings. The van der Waals surface area contributed by atoms with Gasteiger partial charge in [-0.25, -0.2) is 8.42 Å². The first-order valence-electron chi connectivity index (χ1n) is 8.84. The van der Waals surface area contributed by atoms with E-state index in [1.807, 2.05) is 19.1 Å². The lowest BCUT2D eigenvalue weighted by Crippen LogP contribution is -2.33. The van der Waals surface area contributed by atoms with Crippen LogP contribution < -0.4 is 4.90 Å². The highest BCUT2D eigenvalue weighted by atomic mass is 32.2. The molecule has 2 fully saturated rings. The minimum atomic E-state index is -3.47. The van der Waals surface area contributed by atoms with E-state index in [4.69, 9.17) is 0 Å². The van der Waals surface area contributed by atoms with E-state index in [-0.39, 0.29) is 4.90 Å². The molecule has 2 aliphatic rings. The zero-order valence-electron chi connectivity index (χ0n) is 15.1. The predicted octanol–water partition coefficient (Wildman–Crippen LogP) is -0.0769. The fourth-order valence-electron chi connectivity index (χ4n) is 4.07. The van der Waals surface area contributed by atoms with Crippen molar-refractivity contribution in [3.05, 3.63) is 30.4 Å². The van der Waals surface area contributed by atoms with Gasteiger partial charge >= 0.3 is 0 Å². The van der Waals surface area contributed by atoms with Crippen molar-refractivity contribution in [3.8, 4) is 0 Å². The fourth-order valence-corrected chi connectivity index (χ4v) is 5.61. The van der Waals surface area contributed by atoms with Crippen LogP contribution in [0.2, 0.25) is 0 Å². The topological polar surface area (TPSA) is 102 Å². The summed E-state index contributed by atoms with van der Waals surface area (Å²) in [6.45, 7) is 4.53. The van der Waals surface area contributed by atoms with Gasteiger partial charge in [-0.15, -0.1) is 15.3 Å². The van der Waals surface area contributed by atoms with Crippen LogP contribution in [0.15, 0.2) is 29.4 Å². The van der Waals surface area contributed by atoms with Gasteiger partial charge in [-0.3, -0.25) is 4.68 Å². The predicted molar refractivity (Wildman–Crippen MR) is 96.7 cm³/mol. The Morgan fingerprint density at radius 2 is 1.81 bits per heavy atom. The van der Waals surface area contributed by atoms with E-state index in [0.29, 0.717) is 24.9 Å². The first kappa shape index (κ1) is 16.6. The van der Waals surface area contributed by atoms with Gasteiger partial charge in [-0.1, -0.05) is 0 Å². The number of hydrogen-bond acceptors (Lipinski definition) is 7. The minimum Gasteiger partial charge on any atom is -0.355 e.